The van der Waals surface area contributed by atoms with Crippen molar-refractivity contribution in [2.24, 2.45) is 0 Å². The highest BCUT2D eigenvalue weighted by Crippen LogP contribution is 2.24. The second kappa shape index (κ2) is 8.47. The first-order valence-corrected chi connectivity index (χ1v) is 8.58. The Labute approximate surface area is 146 Å². The number of hydrogen-bond donors (Lipinski definition) is 1. The van der Waals surface area contributed by atoms with E-state index in [9.17, 15) is 4.39 Å². The van der Waals surface area contributed by atoms with Crippen LogP contribution in [0.2, 0.25) is 5.02 Å². The van der Waals surface area contributed by atoms with Crippen molar-refractivity contribution >= 4 is 11.6 Å². The van der Waals surface area contributed by atoms with Gasteiger partial charge in [-0.25, -0.2) is 4.39 Å². The molecule has 0 aromatic heterocycles. The van der Waals surface area contributed by atoms with E-state index in [0.717, 1.165) is 37.3 Å². The van der Waals surface area contributed by atoms with Gasteiger partial charge in [-0.05, 0) is 31.0 Å². The van der Waals surface area contributed by atoms with Gasteiger partial charge in [0.2, 0.25) is 0 Å². The lowest BCUT2D eigenvalue weighted by molar-refractivity contribution is 0.110. The number of ether oxygens (including phenoxy) is 2. The monoisotopic (exact) mass is 349 g/mol. The van der Waals surface area contributed by atoms with Crippen molar-refractivity contribution in [3.05, 3.63) is 64.4 Å². The lowest BCUT2D eigenvalue weighted by atomic mass is 10.2. The Hall–Kier alpha value is -1.62. The second-order valence-electron chi connectivity index (χ2n) is 5.86. The van der Waals surface area contributed by atoms with Crippen molar-refractivity contribution in [3.63, 3.8) is 0 Å². The van der Waals surface area contributed by atoms with E-state index < -0.39 is 0 Å². The first-order valence-electron chi connectivity index (χ1n) is 8.20. The zero-order valence-corrected chi connectivity index (χ0v) is 14.2. The van der Waals surface area contributed by atoms with Gasteiger partial charge in [-0.3, -0.25) is 0 Å². The van der Waals surface area contributed by atoms with Gasteiger partial charge in [-0.2, -0.15) is 0 Å². The fourth-order valence-electron chi connectivity index (χ4n) is 2.78. The summed E-state index contributed by atoms with van der Waals surface area (Å²) in [6.07, 6.45) is 2.54. The third kappa shape index (κ3) is 4.47. The third-order valence-corrected chi connectivity index (χ3v) is 4.47. The van der Waals surface area contributed by atoms with Gasteiger partial charge < -0.3 is 14.8 Å². The normalized spacial score (nSPS) is 17.2. The van der Waals surface area contributed by atoms with Gasteiger partial charge in [0.15, 0.2) is 0 Å². The largest absolute Gasteiger partial charge is 0.488 e. The second-order valence-corrected chi connectivity index (χ2v) is 6.27. The van der Waals surface area contributed by atoms with Crippen molar-refractivity contribution in [1.82, 2.24) is 5.32 Å². The van der Waals surface area contributed by atoms with Gasteiger partial charge in [0.05, 0.1) is 11.1 Å². The van der Waals surface area contributed by atoms with Gasteiger partial charge in [0, 0.05) is 30.8 Å². The minimum Gasteiger partial charge on any atom is -0.488 e. The van der Waals surface area contributed by atoms with Crippen LogP contribution in [0, 0.1) is 5.82 Å². The Bertz CT molecular complexity index is 654. The summed E-state index contributed by atoms with van der Waals surface area (Å²) in [4.78, 5) is 0. The molecule has 1 atom stereocenters. The molecule has 3 rings (SSSR count). The molecular formula is C19H21ClFNO2. The topological polar surface area (TPSA) is 30.5 Å². The summed E-state index contributed by atoms with van der Waals surface area (Å²) in [6.45, 7) is 2.47. The molecule has 0 aliphatic carbocycles. The molecule has 24 heavy (non-hydrogen) atoms. The molecule has 128 valence electrons. The van der Waals surface area contributed by atoms with E-state index in [4.69, 9.17) is 21.1 Å². The summed E-state index contributed by atoms with van der Waals surface area (Å²) >= 11 is 6.05. The van der Waals surface area contributed by atoms with Gasteiger partial charge in [-0.15, -0.1) is 0 Å². The number of benzene rings is 2. The minimum absolute atomic E-state index is 0.105. The number of halogens is 2. The Morgan fingerprint density at radius 2 is 2.08 bits per heavy atom. The average Bonchev–Trinajstić information content (AvgIpc) is 3.09. The predicted molar refractivity (Wildman–Crippen MR) is 92.9 cm³/mol. The highest BCUT2D eigenvalue weighted by Gasteiger charge is 2.15. The standard InChI is InChI=1S/C19H21ClFNO2/c20-17-7-3-8-18(21)16(17)13-24-19-9-2-1-5-14(19)11-22-12-15-6-4-10-23-15/h1-3,5,7-9,15,22H,4,6,10-13H2. The summed E-state index contributed by atoms with van der Waals surface area (Å²) in [5, 5.41) is 3.78. The molecule has 0 radical (unpaired) electrons. The molecule has 2 aromatic carbocycles. The van der Waals surface area contributed by atoms with Crippen LogP contribution in [-0.4, -0.2) is 19.3 Å². The Morgan fingerprint density at radius 3 is 2.88 bits per heavy atom. The SMILES string of the molecule is Fc1cccc(Cl)c1COc1ccccc1CNCC1CCCO1. The molecule has 1 aliphatic heterocycles. The maximum atomic E-state index is 13.8. The van der Waals surface area contributed by atoms with E-state index in [1.54, 1.807) is 12.1 Å². The summed E-state index contributed by atoms with van der Waals surface area (Å²) in [6, 6.07) is 12.4. The van der Waals surface area contributed by atoms with Gasteiger partial charge in [0.25, 0.3) is 0 Å². The van der Waals surface area contributed by atoms with E-state index in [1.165, 1.54) is 6.07 Å². The van der Waals surface area contributed by atoms with Crippen LogP contribution in [0.5, 0.6) is 5.75 Å². The molecule has 1 unspecified atom stereocenters. The molecule has 0 bridgehead atoms. The molecule has 3 nitrogen and oxygen atoms in total. The van der Waals surface area contributed by atoms with Crippen molar-refractivity contribution < 1.29 is 13.9 Å². The summed E-state index contributed by atoms with van der Waals surface area (Å²) in [7, 11) is 0. The Kier molecular flexibility index (Phi) is 6.07. The van der Waals surface area contributed by atoms with Gasteiger partial charge in [0.1, 0.15) is 18.2 Å². The molecule has 1 aliphatic rings. The first kappa shape index (κ1) is 17.2. The summed E-state index contributed by atoms with van der Waals surface area (Å²) < 4.78 is 25.3. The van der Waals surface area contributed by atoms with E-state index in [1.807, 2.05) is 24.3 Å². The predicted octanol–water partition coefficient (Wildman–Crippen LogP) is 4.33. The third-order valence-electron chi connectivity index (χ3n) is 4.12. The molecule has 0 saturated carbocycles. The van der Waals surface area contributed by atoms with Crippen molar-refractivity contribution in [3.8, 4) is 5.75 Å². The van der Waals surface area contributed by atoms with Crippen LogP contribution < -0.4 is 10.1 Å². The van der Waals surface area contributed by atoms with Crippen LogP contribution in [0.3, 0.4) is 0 Å². The van der Waals surface area contributed by atoms with Gasteiger partial charge >= 0.3 is 0 Å². The quantitative estimate of drug-likeness (QED) is 0.807. The average molecular weight is 350 g/mol. The van der Waals surface area contributed by atoms with Crippen molar-refractivity contribution in [2.45, 2.75) is 32.1 Å². The Balaban J connectivity index is 1.59. The molecule has 1 heterocycles. The van der Waals surface area contributed by atoms with Crippen LogP contribution in [0.4, 0.5) is 4.39 Å². The molecule has 0 amide bonds. The maximum Gasteiger partial charge on any atom is 0.131 e. The molecule has 1 saturated heterocycles. The van der Waals surface area contributed by atoms with Crippen LogP contribution in [0.15, 0.2) is 42.5 Å². The minimum atomic E-state index is -0.350. The smallest absolute Gasteiger partial charge is 0.131 e. The highest BCUT2D eigenvalue weighted by atomic mass is 35.5. The molecule has 1 fully saturated rings. The molecular weight excluding hydrogens is 329 g/mol. The van der Waals surface area contributed by atoms with Crippen LogP contribution in [0.25, 0.3) is 0 Å². The van der Waals surface area contributed by atoms with E-state index in [-0.39, 0.29) is 12.4 Å². The highest BCUT2D eigenvalue weighted by molar-refractivity contribution is 6.31. The number of nitrogens with one attached hydrogen (secondary N) is 1. The molecule has 1 N–H and O–H groups in total. The zero-order chi connectivity index (χ0) is 16.8. The molecule has 0 spiro atoms. The molecule has 5 heteroatoms. The van der Waals surface area contributed by atoms with Gasteiger partial charge in [-0.1, -0.05) is 35.9 Å². The van der Waals surface area contributed by atoms with Crippen molar-refractivity contribution in [1.29, 1.82) is 0 Å². The first-order chi connectivity index (χ1) is 11.7. The number of para-hydroxylation sites is 1. The van der Waals surface area contributed by atoms with Crippen LogP contribution >= 0.6 is 11.6 Å². The number of hydrogen-bond acceptors (Lipinski definition) is 3. The summed E-state index contributed by atoms with van der Waals surface area (Å²) in [5.41, 5.74) is 1.41. The maximum absolute atomic E-state index is 13.8. The lowest BCUT2D eigenvalue weighted by Gasteiger charge is -2.15. The Morgan fingerprint density at radius 1 is 1.21 bits per heavy atom. The van der Waals surface area contributed by atoms with Crippen LogP contribution in [-0.2, 0) is 17.9 Å². The van der Waals surface area contributed by atoms with E-state index in [0.29, 0.717) is 23.2 Å². The number of rotatable bonds is 7. The fourth-order valence-corrected chi connectivity index (χ4v) is 3.00. The molecule has 2 aromatic rings. The zero-order valence-electron chi connectivity index (χ0n) is 13.4. The van der Waals surface area contributed by atoms with Crippen molar-refractivity contribution in [2.75, 3.05) is 13.2 Å². The van der Waals surface area contributed by atoms with Crippen LogP contribution in [0.1, 0.15) is 24.0 Å². The van der Waals surface area contributed by atoms with E-state index in [2.05, 4.69) is 5.32 Å². The van der Waals surface area contributed by atoms with E-state index >= 15 is 0 Å². The fraction of sp³-hybridized carbons (Fsp3) is 0.368. The summed E-state index contributed by atoms with van der Waals surface area (Å²) in [5.74, 6) is 0.383. The lowest BCUT2D eigenvalue weighted by Crippen LogP contribution is -2.26.